The number of pyridine rings is 1. The second kappa shape index (κ2) is 4.68. The van der Waals surface area contributed by atoms with Crippen LogP contribution >= 0.6 is 24.0 Å². The minimum absolute atomic E-state index is 0.0811. The predicted octanol–water partition coefficient (Wildman–Crippen LogP) is 2.55. The topological polar surface area (TPSA) is 22.0 Å². The van der Waals surface area contributed by atoms with Gasteiger partial charge in [-0.2, -0.15) is 12.6 Å². The van der Waals surface area contributed by atoms with E-state index in [0.29, 0.717) is 12.3 Å². The molecule has 2 heterocycles. The number of hydrogen-bond acceptors (Lipinski definition) is 3. The summed E-state index contributed by atoms with van der Waals surface area (Å²) < 4.78 is 2.75. The Morgan fingerprint density at radius 3 is 3.07 bits per heavy atom. The number of thiophene rings is 1. The number of thiol groups is 1. The molecule has 78 valence electrons. The van der Waals surface area contributed by atoms with Crippen LogP contribution in [0.4, 0.5) is 0 Å². The second-order valence-electron chi connectivity index (χ2n) is 3.13. The molecule has 15 heavy (non-hydrogen) atoms. The smallest absolute Gasteiger partial charge is 0.259 e. The maximum absolute atomic E-state index is 11.9. The SMILES string of the molecule is O=c1c2ccsc2ccn1C/C=C/CS. The molecule has 0 aliphatic carbocycles. The summed E-state index contributed by atoms with van der Waals surface area (Å²) in [4.78, 5) is 11.9. The molecule has 0 unspecified atom stereocenters. The van der Waals surface area contributed by atoms with Gasteiger partial charge in [0.15, 0.2) is 0 Å². The van der Waals surface area contributed by atoms with E-state index in [1.165, 1.54) is 0 Å². The molecule has 0 bridgehead atoms. The summed E-state index contributed by atoms with van der Waals surface area (Å²) in [6.45, 7) is 0.616. The Morgan fingerprint density at radius 2 is 2.27 bits per heavy atom. The van der Waals surface area contributed by atoms with Crippen LogP contribution < -0.4 is 5.56 Å². The summed E-state index contributed by atoms with van der Waals surface area (Å²) in [5, 5.41) is 2.75. The van der Waals surface area contributed by atoms with Crippen molar-refractivity contribution in [2.75, 3.05) is 5.75 Å². The van der Waals surface area contributed by atoms with Crippen molar-refractivity contribution in [3.63, 3.8) is 0 Å². The molecular weight excluding hydrogens is 226 g/mol. The highest BCUT2D eigenvalue weighted by Gasteiger charge is 2.01. The summed E-state index contributed by atoms with van der Waals surface area (Å²) in [5.41, 5.74) is 0.0811. The van der Waals surface area contributed by atoms with Crippen LogP contribution in [0.2, 0.25) is 0 Å². The van der Waals surface area contributed by atoms with Crippen LogP contribution in [0.3, 0.4) is 0 Å². The lowest BCUT2D eigenvalue weighted by Crippen LogP contribution is -2.17. The fourth-order valence-electron chi connectivity index (χ4n) is 1.41. The predicted molar refractivity (Wildman–Crippen MR) is 69.1 cm³/mol. The van der Waals surface area contributed by atoms with Crippen LogP contribution in [0, 0.1) is 0 Å². The molecule has 0 aliphatic rings. The number of aromatic nitrogens is 1. The largest absolute Gasteiger partial charge is 0.311 e. The minimum Gasteiger partial charge on any atom is -0.311 e. The monoisotopic (exact) mass is 237 g/mol. The van der Waals surface area contributed by atoms with Gasteiger partial charge in [0.1, 0.15) is 0 Å². The summed E-state index contributed by atoms with van der Waals surface area (Å²) in [6, 6.07) is 3.86. The summed E-state index contributed by atoms with van der Waals surface area (Å²) >= 11 is 5.66. The van der Waals surface area contributed by atoms with E-state index in [2.05, 4.69) is 12.6 Å². The standard InChI is InChI=1S/C11H11NOS2/c13-11-9-4-8-15-10(9)3-6-12(11)5-1-2-7-14/h1-4,6,8,14H,5,7H2/b2-1+. The fourth-order valence-corrected chi connectivity index (χ4v) is 2.33. The molecule has 2 aromatic heterocycles. The van der Waals surface area contributed by atoms with Gasteiger partial charge in [-0.1, -0.05) is 12.2 Å². The van der Waals surface area contributed by atoms with Gasteiger partial charge in [0, 0.05) is 23.2 Å². The van der Waals surface area contributed by atoms with E-state index in [0.717, 1.165) is 10.1 Å². The zero-order chi connectivity index (χ0) is 10.7. The first kappa shape index (κ1) is 10.5. The second-order valence-corrected chi connectivity index (χ2v) is 4.44. The average molecular weight is 237 g/mol. The van der Waals surface area contributed by atoms with Crippen molar-refractivity contribution < 1.29 is 0 Å². The number of nitrogens with zero attached hydrogens (tertiary/aromatic N) is 1. The maximum atomic E-state index is 11.9. The quantitative estimate of drug-likeness (QED) is 0.643. The fraction of sp³-hybridized carbons (Fsp3) is 0.182. The van der Waals surface area contributed by atoms with Crippen molar-refractivity contribution in [3.05, 3.63) is 46.2 Å². The van der Waals surface area contributed by atoms with Gasteiger partial charge in [-0.15, -0.1) is 11.3 Å². The van der Waals surface area contributed by atoms with Crippen LogP contribution in [0.15, 0.2) is 40.7 Å². The lowest BCUT2D eigenvalue weighted by Gasteiger charge is -2.00. The molecular formula is C11H11NOS2. The lowest BCUT2D eigenvalue weighted by atomic mass is 10.3. The van der Waals surface area contributed by atoms with Gasteiger partial charge in [-0.25, -0.2) is 0 Å². The molecule has 0 spiro atoms. The highest BCUT2D eigenvalue weighted by Crippen LogP contribution is 2.15. The first-order valence-corrected chi connectivity index (χ1v) is 6.16. The zero-order valence-corrected chi connectivity index (χ0v) is 9.80. The Bertz CT molecular complexity index is 539. The van der Waals surface area contributed by atoms with Gasteiger partial charge >= 0.3 is 0 Å². The lowest BCUT2D eigenvalue weighted by molar-refractivity contribution is 0.788. The zero-order valence-electron chi connectivity index (χ0n) is 8.09. The highest BCUT2D eigenvalue weighted by molar-refractivity contribution is 7.80. The number of allylic oxidation sites excluding steroid dienone is 1. The number of rotatable bonds is 3. The van der Waals surface area contributed by atoms with E-state index < -0.39 is 0 Å². The number of hydrogen-bond donors (Lipinski definition) is 1. The van der Waals surface area contributed by atoms with Gasteiger partial charge in [0.05, 0.1) is 5.39 Å². The summed E-state index contributed by atoms with van der Waals surface area (Å²) in [7, 11) is 0. The Balaban J connectivity index is 2.40. The normalized spacial score (nSPS) is 11.5. The van der Waals surface area contributed by atoms with Crippen molar-refractivity contribution in [2.45, 2.75) is 6.54 Å². The molecule has 0 amide bonds. The molecule has 4 heteroatoms. The van der Waals surface area contributed by atoms with Crippen molar-refractivity contribution in [3.8, 4) is 0 Å². The molecule has 2 aromatic rings. The Hall–Kier alpha value is -1.00. The molecule has 0 aromatic carbocycles. The van der Waals surface area contributed by atoms with Crippen molar-refractivity contribution in [1.82, 2.24) is 4.57 Å². The molecule has 0 saturated carbocycles. The Kier molecular flexibility index (Phi) is 3.28. The third kappa shape index (κ3) is 2.16. The van der Waals surface area contributed by atoms with Gasteiger partial charge in [0.2, 0.25) is 0 Å². The van der Waals surface area contributed by atoms with Gasteiger partial charge in [-0.05, 0) is 17.5 Å². The van der Waals surface area contributed by atoms with Crippen LogP contribution in [0.5, 0.6) is 0 Å². The Morgan fingerprint density at radius 1 is 1.40 bits per heavy atom. The van der Waals surface area contributed by atoms with E-state index in [1.54, 1.807) is 15.9 Å². The van der Waals surface area contributed by atoms with Crippen LogP contribution in [-0.2, 0) is 6.54 Å². The minimum atomic E-state index is 0.0811. The third-order valence-electron chi connectivity index (χ3n) is 2.17. The van der Waals surface area contributed by atoms with Crippen LogP contribution in [-0.4, -0.2) is 10.3 Å². The van der Waals surface area contributed by atoms with Gasteiger partial charge in [0.25, 0.3) is 5.56 Å². The van der Waals surface area contributed by atoms with Gasteiger partial charge in [-0.3, -0.25) is 4.79 Å². The van der Waals surface area contributed by atoms with E-state index in [1.807, 2.05) is 35.9 Å². The van der Waals surface area contributed by atoms with Crippen molar-refractivity contribution >= 4 is 34.1 Å². The molecule has 0 fully saturated rings. The summed E-state index contributed by atoms with van der Waals surface area (Å²) in [5.74, 6) is 0.704. The van der Waals surface area contributed by atoms with E-state index in [9.17, 15) is 4.79 Å². The maximum Gasteiger partial charge on any atom is 0.259 e. The molecule has 2 rings (SSSR count). The Labute approximate surface area is 97.3 Å². The van der Waals surface area contributed by atoms with Crippen molar-refractivity contribution in [1.29, 1.82) is 0 Å². The van der Waals surface area contributed by atoms with Crippen LogP contribution in [0.25, 0.3) is 10.1 Å². The molecule has 0 saturated heterocycles. The third-order valence-corrected chi connectivity index (χ3v) is 3.26. The van der Waals surface area contributed by atoms with E-state index >= 15 is 0 Å². The molecule has 0 aliphatic heterocycles. The molecule has 0 N–H and O–H groups in total. The highest BCUT2D eigenvalue weighted by atomic mass is 32.1. The number of fused-ring (bicyclic) bond motifs is 1. The summed E-state index contributed by atoms with van der Waals surface area (Å²) in [6.07, 6.45) is 5.73. The van der Waals surface area contributed by atoms with Crippen LogP contribution in [0.1, 0.15) is 0 Å². The van der Waals surface area contributed by atoms with Crippen molar-refractivity contribution in [2.24, 2.45) is 0 Å². The van der Waals surface area contributed by atoms with Gasteiger partial charge < -0.3 is 4.57 Å². The first-order chi connectivity index (χ1) is 7.33. The van der Waals surface area contributed by atoms with E-state index in [4.69, 9.17) is 0 Å². The molecule has 2 nitrogen and oxygen atoms in total. The van der Waals surface area contributed by atoms with E-state index in [-0.39, 0.29) is 5.56 Å². The average Bonchev–Trinajstić information content (AvgIpc) is 2.70. The molecule has 0 radical (unpaired) electrons. The molecule has 0 atom stereocenters. The first-order valence-electron chi connectivity index (χ1n) is 4.65.